The zero-order chi connectivity index (χ0) is 12.3. The first-order valence-corrected chi connectivity index (χ1v) is 5.23. The third-order valence-corrected chi connectivity index (χ3v) is 2.09. The van der Waals surface area contributed by atoms with Crippen LogP contribution in [0.1, 0.15) is 23.0 Å². The van der Waals surface area contributed by atoms with Crippen LogP contribution >= 0.6 is 15.9 Å². The standard InChI is InChI=1S/C10H10BrFN2O2/c1-4-16-10(15)8-5-13-14(7(3)11)9(8)6(2)12/h5H,2-4H2,1H3. The number of rotatable bonds is 4. The van der Waals surface area contributed by atoms with E-state index in [4.69, 9.17) is 4.74 Å². The lowest BCUT2D eigenvalue weighted by Crippen LogP contribution is -2.07. The Morgan fingerprint density at radius 3 is 2.75 bits per heavy atom. The number of hydrogen-bond acceptors (Lipinski definition) is 3. The molecule has 4 nitrogen and oxygen atoms in total. The van der Waals surface area contributed by atoms with Crippen LogP contribution in [0.4, 0.5) is 4.39 Å². The summed E-state index contributed by atoms with van der Waals surface area (Å²) in [6.07, 6.45) is 1.21. The maximum absolute atomic E-state index is 13.2. The van der Waals surface area contributed by atoms with Crippen molar-refractivity contribution in [2.75, 3.05) is 6.61 Å². The number of carbonyl (C=O) groups excluding carboxylic acids is 1. The van der Waals surface area contributed by atoms with Gasteiger partial charge in [0, 0.05) is 0 Å². The third-order valence-electron chi connectivity index (χ3n) is 1.75. The number of esters is 1. The predicted molar refractivity (Wildman–Crippen MR) is 62.6 cm³/mol. The molecule has 1 aromatic rings. The highest BCUT2D eigenvalue weighted by Gasteiger charge is 2.21. The largest absolute Gasteiger partial charge is 0.462 e. The molecule has 1 aromatic heterocycles. The molecule has 0 unspecified atom stereocenters. The molecule has 6 heteroatoms. The first-order valence-electron chi connectivity index (χ1n) is 4.43. The lowest BCUT2D eigenvalue weighted by atomic mass is 10.2. The van der Waals surface area contributed by atoms with E-state index >= 15 is 0 Å². The van der Waals surface area contributed by atoms with Gasteiger partial charge < -0.3 is 4.74 Å². The van der Waals surface area contributed by atoms with Gasteiger partial charge in [0.2, 0.25) is 0 Å². The van der Waals surface area contributed by atoms with Crippen molar-refractivity contribution in [1.29, 1.82) is 0 Å². The maximum atomic E-state index is 13.2. The Hall–Kier alpha value is -1.43. The smallest absolute Gasteiger partial charge is 0.342 e. The zero-order valence-electron chi connectivity index (χ0n) is 8.67. The average Bonchev–Trinajstić information content (AvgIpc) is 2.61. The van der Waals surface area contributed by atoms with Gasteiger partial charge in [0.15, 0.2) is 0 Å². The molecular weight excluding hydrogens is 279 g/mol. The Bertz CT molecular complexity index is 454. The Morgan fingerprint density at radius 1 is 1.69 bits per heavy atom. The van der Waals surface area contributed by atoms with Crippen LogP contribution in [0.25, 0.3) is 10.4 Å². The molecule has 0 saturated heterocycles. The molecule has 1 rings (SSSR count). The van der Waals surface area contributed by atoms with Gasteiger partial charge in [-0.1, -0.05) is 13.2 Å². The van der Waals surface area contributed by atoms with E-state index in [1.165, 1.54) is 6.20 Å². The second kappa shape index (κ2) is 5.07. The molecule has 1 heterocycles. The Kier molecular flexibility index (Phi) is 4.00. The number of carbonyl (C=O) groups is 1. The summed E-state index contributed by atoms with van der Waals surface area (Å²) in [5.41, 5.74) is -0.0322. The van der Waals surface area contributed by atoms with Crippen LogP contribution in [0.5, 0.6) is 0 Å². The van der Waals surface area contributed by atoms with Crippen molar-refractivity contribution in [1.82, 2.24) is 9.78 Å². The molecule has 16 heavy (non-hydrogen) atoms. The molecule has 0 saturated carbocycles. The molecule has 0 aliphatic heterocycles. The minimum Gasteiger partial charge on any atom is -0.462 e. The quantitative estimate of drug-likeness (QED) is 0.801. The number of halogens is 2. The molecule has 0 radical (unpaired) electrons. The van der Waals surface area contributed by atoms with E-state index < -0.39 is 11.8 Å². The lowest BCUT2D eigenvalue weighted by Gasteiger charge is -2.05. The lowest BCUT2D eigenvalue weighted by molar-refractivity contribution is 0.0525. The molecule has 0 fully saturated rings. The van der Waals surface area contributed by atoms with Gasteiger partial charge in [-0.05, 0) is 22.9 Å². The van der Waals surface area contributed by atoms with Gasteiger partial charge in [0.25, 0.3) is 0 Å². The van der Waals surface area contributed by atoms with E-state index in [2.05, 4.69) is 34.2 Å². The molecule has 0 amide bonds. The van der Waals surface area contributed by atoms with Crippen molar-refractivity contribution in [3.8, 4) is 0 Å². The summed E-state index contributed by atoms with van der Waals surface area (Å²) in [6, 6.07) is 0. The average molecular weight is 289 g/mol. The molecule has 0 atom stereocenters. The molecule has 0 aliphatic carbocycles. The molecule has 0 bridgehead atoms. The Labute approximate surface area is 101 Å². The number of hydrogen-bond donors (Lipinski definition) is 0. The van der Waals surface area contributed by atoms with E-state index in [0.29, 0.717) is 4.61 Å². The molecule has 0 aliphatic rings. The summed E-state index contributed by atoms with van der Waals surface area (Å²) in [7, 11) is 0. The predicted octanol–water partition coefficient (Wildman–Crippen LogP) is 2.82. The minimum atomic E-state index is -0.777. The molecular formula is C10H10BrFN2O2. The highest BCUT2D eigenvalue weighted by molar-refractivity contribution is 9.14. The SMILES string of the molecule is C=C(F)c1c(C(=O)OCC)cnn1C(=C)Br. The Morgan fingerprint density at radius 2 is 2.31 bits per heavy atom. The first-order chi connectivity index (χ1) is 7.49. The van der Waals surface area contributed by atoms with Crippen molar-refractivity contribution < 1.29 is 13.9 Å². The van der Waals surface area contributed by atoms with Gasteiger partial charge in [0.05, 0.1) is 12.8 Å². The van der Waals surface area contributed by atoms with Gasteiger partial charge in [-0.25, -0.2) is 13.9 Å². The van der Waals surface area contributed by atoms with Gasteiger partial charge in [-0.3, -0.25) is 0 Å². The molecule has 86 valence electrons. The van der Waals surface area contributed by atoms with Crippen LogP contribution in [0, 0.1) is 0 Å². The first kappa shape index (κ1) is 12.6. The third kappa shape index (κ3) is 2.38. The van der Waals surface area contributed by atoms with Crippen LogP contribution in [0.3, 0.4) is 0 Å². The van der Waals surface area contributed by atoms with Gasteiger partial charge in [-0.15, -0.1) is 0 Å². The highest BCUT2D eigenvalue weighted by Crippen LogP contribution is 2.24. The topological polar surface area (TPSA) is 44.1 Å². The van der Waals surface area contributed by atoms with Gasteiger partial charge in [0.1, 0.15) is 21.7 Å². The van der Waals surface area contributed by atoms with Crippen LogP contribution in [-0.2, 0) is 4.74 Å². The minimum absolute atomic E-state index is 0.0231. The van der Waals surface area contributed by atoms with E-state index in [1.807, 2.05) is 0 Å². The molecule has 0 aromatic carbocycles. The second-order valence-corrected chi connectivity index (χ2v) is 3.74. The Balaban J connectivity index is 3.25. The normalized spacial score (nSPS) is 9.94. The monoisotopic (exact) mass is 288 g/mol. The zero-order valence-corrected chi connectivity index (χ0v) is 10.3. The van der Waals surface area contributed by atoms with Crippen LogP contribution < -0.4 is 0 Å². The van der Waals surface area contributed by atoms with E-state index in [9.17, 15) is 9.18 Å². The summed E-state index contributed by atoms with van der Waals surface area (Å²) in [5.74, 6) is -1.42. The van der Waals surface area contributed by atoms with Crippen LogP contribution in [0.2, 0.25) is 0 Å². The van der Waals surface area contributed by atoms with E-state index in [-0.39, 0.29) is 17.9 Å². The fraction of sp³-hybridized carbons (Fsp3) is 0.200. The second-order valence-electron chi connectivity index (χ2n) is 2.82. The van der Waals surface area contributed by atoms with E-state index in [1.54, 1.807) is 6.92 Å². The van der Waals surface area contributed by atoms with Gasteiger partial charge >= 0.3 is 5.97 Å². The summed E-state index contributed by atoms with van der Waals surface area (Å²) in [4.78, 5) is 11.5. The fourth-order valence-electron chi connectivity index (χ4n) is 1.15. The number of nitrogens with zero attached hydrogens (tertiary/aromatic N) is 2. The van der Waals surface area contributed by atoms with Gasteiger partial charge in [-0.2, -0.15) is 5.10 Å². The summed E-state index contributed by atoms with van der Waals surface area (Å²) in [5, 5.41) is 3.81. The summed E-state index contributed by atoms with van der Waals surface area (Å²) < 4.78 is 19.4. The molecule has 0 N–H and O–H groups in total. The van der Waals surface area contributed by atoms with Crippen LogP contribution in [0.15, 0.2) is 19.4 Å². The maximum Gasteiger partial charge on any atom is 0.342 e. The highest BCUT2D eigenvalue weighted by atomic mass is 79.9. The van der Waals surface area contributed by atoms with Crippen molar-refractivity contribution in [3.05, 3.63) is 30.6 Å². The van der Waals surface area contributed by atoms with Crippen molar-refractivity contribution in [2.45, 2.75) is 6.92 Å². The number of ether oxygens (including phenoxy) is 1. The fourth-order valence-corrected chi connectivity index (χ4v) is 1.42. The van der Waals surface area contributed by atoms with Crippen molar-refractivity contribution >= 4 is 32.3 Å². The summed E-state index contributed by atoms with van der Waals surface area (Å²) >= 11 is 3.05. The van der Waals surface area contributed by atoms with Crippen molar-refractivity contribution in [2.24, 2.45) is 0 Å². The molecule has 0 spiro atoms. The van der Waals surface area contributed by atoms with Crippen LogP contribution in [-0.4, -0.2) is 22.4 Å². The summed E-state index contributed by atoms with van der Waals surface area (Å²) in [6.45, 7) is 8.56. The van der Waals surface area contributed by atoms with E-state index in [0.717, 1.165) is 4.68 Å². The number of aromatic nitrogens is 2. The van der Waals surface area contributed by atoms with Crippen molar-refractivity contribution in [3.63, 3.8) is 0 Å².